The van der Waals surface area contributed by atoms with Crippen molar-refractivity contribution >= 4 is 28.3 Å². The second-order valence-electron chi connectivity index (χ2n) is 4.06. The molecule has 15 heavy (non-hydrogen) atoms. The van der Waals surface area contributed by atoms with Crippen LogP contribution in [0.25, 0.3) is 0 Å². The lowest BCUT2D eigenvalue weighted by Crippen LogP contribution is -2.20. The maximum atomic E-state index is 9.62. The Morgan fingerprint density at radius 1 is 1.53 bits per heavy atom. The molecule has 0 atom stereocenters. The van der Waals surface area contributed by atoms with E-state index in [4.69, 9.17) is 17.0 Å². The van der Waals surface area contributed by atoms with Crippen molar-refractivity contribution in [3.05, 3.63) is 11.2 Å². The number of hydrogen-bond donors (Lipinski definition) is 1. The van der Waals surface area contributed by atoms with Gasteiger partial charge in [0.15, 0.2) is 0 Å². The number of hydrogen-bond acceptors (Lipinski definition) is 4. The van der Waals surface area contributed by atoms with E-state index in [0.717, 1.165) is 10.1 Å². The van der Waals surface area contributed by atoms with Gasteiger partial charge in [0, 0.05) is 25.9 Å². The van der Waals surface area contributed by atoms with Gasteiger partial charge >= 0.3 is 0 Å². The van der Waals surface area contributed by atoms with Crippen molar-refractivity contribution in [1.29, 1.82) is 0 Å². The van der Waals surface area contributed by atoms with Crippen molar-refractivity contribution in [3.8, 4) is 0 Å². The number of thiocarbonyl (C=S) groups is 1. The van der Waals surface area contributed by atoms with Gasteiger partial charge in [0.05, 0.1) is 12.7 Å². The number of aliphatic hydroxyl groups is 1. The van der Waals surface area contributed by atoms with Crippen molar-refractivity contribution in [2.24, 2.45) is 0 Å². The third kappa shape index (κ3) is 7.64. The zero-order valence-electron chi connectivity index (χ0n) is 9.90. The van der Waals surface area contributed by atoms with Crippen LogP contribution in [0.5, 0.6) is 0 Å². The third-order valence-corrected chi connectivity index (χ3v) is 3.13. The van der Waals surface area contributed by atoms with E-state index >= 15 is 0 Å². The molecule has 88 valence electrons. The lowest BCUT2D eigenvalue weighted by Gasteiger charge is -2.18. The first-order chi connectivity index (χ1) is 6.76. The molecule has 1 N–H and O–H groups in total. The topological polar surface area (TPSA) is 32.7 Å². The van der Waals surface area contributed by atoms with Crippen LogP contribution in [0.4, 0.5) is 0 Å². The summed E-state index contributed by atoms with van der Waals surface area (Å²) in [4.78, 5) is 1.86. The molecule has 0 unspecified atom stereocenters. The number of methoxy groups -OCH3 is 1. The molecule has 0 heterocycles. The Morgan fingerprint density at radius 3 is 2.40 bits per heavy atom. The van der Waals surface area contributed by atoms with Crippen LogP contribution in [0.1, 0.15) is 20.3 Å². The molecule has 0 fully saturated rings. The first-order valence-corrected chi connectivity index (χ1v) is 5.88. The van der Waals surface area contributed by atoms with Crippen LogP contribution in [-0.4, -0.2) is 41.1 Å². The summed E-state index contributed by atoms with van der Waals surface area (Å²) in [7, 11) is 5.38. The fourth-order valence-corrected chi connectivity index (χ4v) is 1.58. The lowest BCUT2D eigenvalue weighted by molar-refractivity contribution is 0.0644. The van der Waals surface area contributed by atoms with Crippen LogP contribution in [0.3, 0.4) is 0 Å². The molecule has 0 bridgehead atoms. The highest BCUT2D eigenvalue weighted by Crippen LogP contribution is 2.20. The molecule has 0 radical (unpaired) electrons. The standard InChI is InChI=1S/C10H19NO2S2/c1-10(2,12)6-8(13-5)7-15-9(14)11(3)4/h7,12H,6H2,1-5H3/b8-7-. The van der Waals surface area contributed by atoms with Crippen molar-refractivity contribution < 1.29 is 9.84 Å². The predicted octanol–water partition coefficient (Wildman–Crippen LogP) is 2.21. The smallest absolute Gasteiger partial charge is 0.140 e. The summed E-state index contributed by atoms with van der Waals surface area (Å²) in [5.74, 6) is 0.733. The van der Waals surface area contributed by atoms with E-state index in [1.165, 1.54) is 11.8 Å². The Kier molecular flexibility index (Phi) is 6.24. The van der Waals surface area contributed by atoms with Gasteiger partial charge < -0.3 is 14.7 Å². The molecular weight excluding hydrogens is 230 g/mol. The van der Waals surface area contributed by atoms with Gasteiger partial charge in [0.1, 0.15) is 10.1 Å². The van der Waals surface area contributed by atoms with Crippen LogP contribution in [0.2, 0.25) is 0 Å². The molecule has 0 aliphatic heterocycles. The summed E-state index contributed by atoms with van der Waals surface area (Å²) in [5.41, 5.74) is -0.762. The highest BCUT2D eigenvalue weighted by atomic mass is 32.2. The molecule has 3 nitrogen and oxygen atoms in total. The number of nitrogens with zero attached hydrogens (tertiary/aromatic N) is 1. The van der Waals surface area contributed by atoms with Crippen LogP contribution < -0.4 is 0 Å². The van der Waals surface area contributed by atoms with E-state index in [0.29, 0.717) is 6.42 Å². The monoisotopic (exact) mass is 249 g/mol. The molecule has 0 saturated heterocycles. The minimum absolute atomic E-state index is 0.479. The summed E-state index contributed by atoms with van der Waals surface area (Å²) in [6.45, 7) is 3.49. The Balaban J connectivity index is 4.29. The number of rotatable bonds is 4. The molecule has 0 aliphatic carbocycles. The Labute approximate surface area is 101 Å². The maximum Gasteiger partial charge on any atom is 0.140 e. The minimum Gasteiger partial charge on any atom is -0.500 e. The lowest BCUT2D eigenvalue weighted by atomic mass is 10.1. The van der Waals surface area contributed by atoms with Crippen LogP contribution in [-0.2, 0) is 4.74 Å². The molecule has 0 amide bonds. The molecule has 0 aromatic carbocycles. The van der Waals surface area contributed by atoms with Gasteiger partial charge in [-0.3, -0.25) is 0 Å². The molecule has 0 saturated carbocycles. The Hall–Kier alpha value is -0.260. The van der Waals surface area contributed by atoms with Crippen LogP contribution in [0.15, 0.2) is 11.2 Å². The summed E-state index contributed by atoms with van der Waals surface area (Å²) in [5, 5.41) is 11.5. The van der Waals surface area contributed by atoms with Gasteiger partial charge in [0.2, 0.25) is 0 Å². The summed E-state index contributed by atoms with van der Waals surface area (Å²) < 4.78 is 5.92. The van der Waals surface area contributed by atoms with Gasteiger partial charge in [-0.25, -0.2) is 0 Å². The fraction of sp³-hybridized carbons (Fsp3) is 0.700. The fourth-order valence-electron chi connectivity index (χ4n) is 0.810. The summed E-state index contributed by atoms with van der Waals surface area (Å²) >= 11 is 6.53. The van der Waals surface area contributed by atoms with Crippen molar-refractivity contribution in [1.82, 2.24) is 4.90 Å². The van der Waals surface area contributed by atoms with Gasteiger partial charge in [-0.1, -0.05) is 24.0 Å². The van der Waals surface area contributed by atoms with E-state index in [1.54, 1.807) is 21.0 Å². The largest absolute Gasteiger partial charge is 0.500 e. The molecule has 0 aromatic rings. The quantitative estimate of drug-likeness (QED) is 0.610. The zero-order chi connectivity index (χ0) is 12.1. The highest BCUT2D eigenvalue weighted by molar-refractivity contribution is 8.24. The van der Waals surface area contributed by atoms with E-state index in [9.17, 15) is 5.11 Å². The third-order valence-electron chi connectivity index (χ3n) is 1.53. The van der Waals surface area contributed by atoms with Crippen molar-refractivity contribution in [2.75, 3.05) is 21.2 Å². The van der Waals surface area contributed by atoms with E-state index in [1.807, 2.05) is 24.4 Å². The molecular formula is C10H19NO2S2. The van der Waals surface area contributed by atoms with E-state index < -0.39 is 5.60 Å². The predicted molar refractivity (Wildman–Crippen MR) is 69.9 cm³/mol. The molecule has 0 rings (SSSR count). The van der Waals surface area contributed by atoms with Gasteiger partial charge in [-0.2, -0.15) is 0 Å². The van der Waals surface area contributed by atoms with Crippen molar-refractivity contribution in [3.63, 3.8) is 0 Å². The Morgan fingerprint density at radius 2 is 2.07 bits per heavy atom. The van der Waals surface area contributed by atoms with Crippen molar-refractivity contribution in [2.45, 2.75) is 25.9 Å². The summed E-state index contributed by atoms with van der Waals surface area (Å²) in [6, 6.07) is 0. The maximum absolute atomic E-state index is 9.62. The Bertz CT molecular complexity index is 244. The zero-order valence-corrected chi connectivity index (χ0v) is 11.5. The average Bonchev–Trinajstić information content (AvgIpc) is 2.09. The number of ether oxygens (including phenoxy) is 1. The molecule has 0 spiro atoms. The minimum atomic E-state index is -0.762. The molecule has 0 aliphatic rings. The SMILES string of the molecule is CO/C(=C\SC(=S)N(C)C)CC(C)(C)O. The second kappa shape index (κ2) is 6.35. The number of thioether (sulfide) groups is 1. The van der Waals surface area contributed by atoms with E-state index in [2.05, 4.69) is 0 Å². The van der Waals surface area contributed by atoms with Gasteiger partial charge in [-0.05, 0) is 13.8 Å². The van der Waals surface area contributed by atoms with Gasteiger partial charge in [-0.15, -0.1) is 0 Å². The highest BCUT2D eigenvalue weighted by Gasteiger charge is 2.15. The van der Waals surface area contributed by atoms with Crippen LogP contribution >= 0.6 is 24.0 Å². The first kappa shape index (κ1) is 14.7. The first-order valence-electron chi connectivity index (χ1n) is 4.59. The van der Waals surface area contributed by atoms with E-state index in [-0.39, 0.29) is 0 Å². The second-order valence-corrected chi connectivity index (χ2v) is 5.56. The summed E-state index contributed by atoms with van der Waals surface area (Å²) in [6.07, 6.45) is 0.479. The molecule has 0 aromatic heterocycles. The van der Waals surface area contributed by atoms with Gasteiger partial charge in [0.25, 0.3) is 0 Å². The normalized spacial score (nSPS) is 12.5. The molecule has 5 heteroatoms. The van der Waals surface area contributed by atoms with Crippen LogP contribution in [0, 0.1) is 0 Å². The average molecular weight is 249 g/mol.